The summed E-state index contributed by atoms with van der Waals surface area (Å²) in [4.78, 5) is 4.67. The zero-order valence-corrected chi connectivity index (χ0v) is 16.1. The highest BCUT2D eigenvalue weighted by molar-refractivity contribution is 5.80. The molecule has 2 heterocycles. The summed E-state index contributed by atoms with van der Waals surface area (Å²) in [5.41, 5.74) is 2.19. The molecule has 1 aliphatic heterocycles. The first-order valence-electron chi connectivity index (χ1n) is 9.45. The molecule has 1 unspecified atom stereocenters. The van der Waals surface area contributed by atoms with Crippen LogP contribution in [0.2, 0.25) is 0 Å². The Hall–Kier alpha value is -2.83. The van der Waals surface area contributed by atoms with Gasteiger partial charge in [-0.2, -0.15) is 0 Å². The maximum atomic E-state index is 5.76. The molecule has 1 aromatic carbocycles. The number of aromatic nitrogens is 3. The topological polar surface area (TPSA) is 76.4 Å². The van der Waals surface area contributed by atoms with E-state index in [0.29, 0.717) is 13.2 Å². The van der Waals surface area contributed by atoms with Gasteiger partial charge in [-0.25, -0.2) is 4.99 Å². The first-order valence-corrected chi connectivity index (χ1v) is 9.45. The summed E-state index contributed by atoms with van der Waals surface area (Å²) in [5.74, 6) is 2.71. The summed E-state index contributed by atoms with van der Waals surface area (Å²) in [6.07, 6.45) is 3.54. The van der Waals surface area contributed by atoms with Gasteiger partial charge in [-0.15, -0.1) is 10.2 Å². The Bertz CT molecular complexity index is 797. The van der Waals surface area contributed by atoms with Crippen molar-refractivity contribution in [3.05, 3.63) is 54.1 Å². The molecule has 1 atom stereocenters. The lowest BCUT2D eigenvalue weighted by molar-refractivity contribution is 0.261. The van der Waals surface area contributed by atoms with Crippen molar-refractivity contribution < 1.29 is 4.74 Å². The zero-order valence-electron chi connectivity index (χ0n) is 16.1. The van der Waals surface area contributed by atoms with Crippen LogP contribution in [-0.2, 0) is 13.0 Å². The van der Waals surface area contributed by atoms with Gasteiger partial charge >= 0.3 is 0 Å². The van der Waals surface area contributed by atoms with Crippen molar-refractivity contribution in [2.24, 2.45) is 4.99 Å². The maximum Gasteiger partial charge on any atom is 0.192 e. The highest BCUT2D eigenvalue weighted by Gasteiger charge is 2.21. The fourth-order valence-electron chi connectivity index (χ4n) is 3.06. The number of ether oxygens (including phenoxy) is 1. The molecule has 0 saturated carbocycles. The fourth-order valence-corrected chi connectivity index (χ4v) is 3.06. The molecule has 0 radical (unpaired) electrons. The van der Waals surface area contributed by atoms with Crippen LogP contribution in [-0.4, -0.2) is 40.4 Å². The smallest absolute Gasteiger partial charge is 0.192 e. The highest BCUT2D eigenvalue weighted by Crippen LogP contribution is 2.31. The Labute approximate surface area is 160 Å². The average Bonchev–Trinajstić information content (AvgIpc) is 3.13. The lowest BCUT2D eigenvalue weighted by atomic mass is 10.0. The zero-order chi connectivity index (χ0) is 19.1. The van der Waals surface area contributed by atoms with E-state index in [1.807, 2.05) is 25.1 Å². The Morgan fingerprint density at radius 3 is 3.07 bits per heavy atom. The van der Waals surface area contributed by atoms with E-state index >= 15 is 0 Å². The number of hydrogen-bond acceptors (Lipinski definition) is 4. The maximum absolute atomic E-state index is 5.76. The first-order chi connectivity index (χ1) is 13.2. The number of nitrogens with zero attached hydrogens (tertiary/aromatic N) is 4. The van der Waals surface area contributed by atoms with Crippen molar-refractivity contribution in [1.29, 1.82) is 0 Å². The number of aryl methyl sites for hydroxylation is 1. The van der Waals surface area contributed by atoms with Crippen molar-refractivity contribution in [2.45, 2.75) is 39.3 Å². The standard InChI is InChI=1S/C20H28N6O/c1-4-19-25-23-14-26(19)11-10-21-20(22-13-15(2)3)24-17-9-12-27-18-8-6-5-7-16(17)18/h5-8,14,17H,2,4,9-13H2,1,3H3,(H2,21,22,24). The van der Waals surface area contributed by atoms with Gasteiger partial charge in [0.15, 0.2) is 5.96 Å². The monoisotopic (exact) mass is 368 g/mol. The molecule has 0 bridgehead atoms. The van der Waals surface area contributed by atoms with Crippen molar-refractivity contribution in [3.63, 3.8) is 0 Å². The molecule has 27 heavy (non-hydrogen) atoms. The third-order valence-electron chi connectivity index (χ3n) is 4.43. The summed E-state index contributed by atoms with van der Waals surface area (Å²) in [5, 5.41) is 15.1. The molecular formula is C20H28N6O. The number of guanidine groups is 1. The third-order valence-corrected chi connectivity index (χ3v) is 4.43. The minimum Gasteiger partial charge on any atom is -0.493 e. The van der Waals surface area contributed by atoms with Gasteiger partial charge in [-0.1, -0.05) is 37.3 Å². The number of hydrogen-bond donors (Lipinski definition) is 2. The van der Waals surface area contributed by atoms with Crippen LogP contribution in [0.4, 0.5) is 0 Å². The van der Waals surface area contributed by atoms with E-state index in [1.165, 1.54) is 5.56 Å². The number of benzene rings is 1. The van der Waals surface area contributed by atoms with Crippen LogP contribution < -0.4 is 15.4 Å². The Kier molecular flexibility index (Phi) is 6.46. The second-order valence-corrected chi connectivity index (χ2v) is 6.71. The number of aliphatic imine (C=N–C) groups is 1. The average molecular weight is 368 g/mol. The summed E-state index contributed by atoms with van der Waals surface area (Å²) < 4.78 is 7.82. The number of fused-ring (bicyclic) bond motifs is 1. The highest BCUT2D eigenvalue weighted by atomic mass is 16.5. The van der Waals surface area contributed by atoms with Crippen LogP contribution >= 0.6 is 0 Å². The summed E-state index contributed by atoms with van der Waals surface area (Å²) >= 11 is 0. The van der Waals surface area contributed by atoms with Crippen molar-refractivity contribution in [2.75, 3.05) is 19.7 Å². The Balaban J connectivity index is 1.65. The largest absolute Gasteiger partial charge is 0.493 e. The van der Waals surface area contributed by atoms with Gasteiger partial charge in [0, 0.05) is 31.5 Å². The van der Waals surface area contributed by atoms with E-state index in [0.717, 1.165) is 49.0 Å². The van der Waals surface area contributed by atoms with Crippen molar-refractivity contribution in [3.8, 4) is 5.75 Å². The summed E-state index contributed by atoms with van der Waals surface area (Å²) in [6, 6.07) is 8.33. The van der Waals surface area contributed by atoms with Gasteiger partial charge in [0.1, 0.15) is 17.9 Å². The van der Waals surface area contributed by atoms with E-state index < -0.39 is 0 Å². The van der Waals surface area contributed by atoms with Crippen LogP contribution in [0.15, 0.2) is 47.7 Å². The fraction of sp³-hybridized carbons (Fsp3) is 0.450. The summed E-state index contributed by atoms with van der Waals surface area (Å²) in [6.45, 7) is 10.8. The van der Waals surface area contributed by atoms with E-state index in [2.05, 4.69) is 50.0 Å². The SMILES string of the molecule is C=C(C)CN=C(NCCn1cnnc1CC)NC1CCOc2ccccc21. The Morgan fingerprint density at radius 1 is 1.41 bits per heavy atom. The van der Waals surface area contributed by atoms with Crippen LogP contribution in [0.1, 0.15) is 37.7 Å². The van der Waals surface area contributed by atoms with Gasteiger partial charge in [0.2, 0.25) is 0 Å². The molecule has 2 aromatic rings. The molecule has 0 fully saturated rings. The van der Waals surface area contributed by atoms with Crippen molar-refractivity contribution >= 4 is 5.96 Å². The molecule has 1 aromatic heterocycles. The quantitative estimate of drug-likeness (QED) is 0.446. The number of nitrogens with one attached hydrogen (secondary N) is 2. The van der Waals surface area contributed by atoms with Crippen LogP contribution in [0.5, 0.6) is 5.75 Å². The van der Waals surface area contributed by atoms with Crippen molar-refractivity contribution in [1.82, 2.24) is 25.4 Å². The molecule has 2 N–H and O–H groups in total. The lowest BCUT2D eigenvalue weighted by Gasteiger charge is -2.28. The molecule has 144 valence electrons. The minimum absolute atomic E-state index is 0.174. The molecule has 7 nitrogen and oxygen atoms in total. The van der Waals surface area contributed by atoms with E-state index in [9.17, 15) is 0 Å². The Morgan fingerprint density at radius 2 is 2.26 bits per heavy atom. The predicted octanol–water partition coefficient (Wildman–Crippen LogP) is 2.48. The predicted molar refractivity (Wildman–Crippen MR) is 107 cm³/mol. The van der Waals surface area contributed by atoms with Crippen LogP contribution in [0.3, 0.4) is 0 Å². The molecule has 3 rings (SSSR count). The molecule has 1 aliphatic rings. The number of rotatable bonds is 7. The minimum atomic E-state index is 0.174. The molecule has 0 spiro atoms. The number of para-hydroxylation sites is 1. The van der Waals surface area contributed by atoms with E-state index in [1.54, 1.807) is 6.33 Å². The lowest BCUT2D eigenvalue weighted by Crippen LogP contribution is -2.42. The van der Waals surface area contributed by atoms with E-state index in [-0.39, 0.29) is 6.04 Å². The molecule has 0 saturated heterocycles. The molecule has 0 aliphatic carbocycles. The van der Waals surface area contributed by atoms with E-state index in [4.69, 9.17) is 4.74 Å². The summed E-state index contributed by atoms with van der Waals surface area (Å²) in [7, 11) is 0. The molecule has 7 heteroatoms. The van der Waals surface area contributed by atoms with Gasteiger partial charge in [0.05, 0.1) is 19.2 Å². The van der Waals surface area contributed by atoms with Gasteiger partial charge in [-0.05, 0) is 13.0 Å². The van der Waals surface area contributed by atoms with Crippen LogP contribution in [0.25, 0.3) is 0 Å². The van der Waals surface area contributed by atoms with Crippen LogP contribution in [0, 0.1) is 0 Å². The molecular weight excluding hydrogens is 340 g/mol. The van der Waals surface area contributed by atoms with Gasteiger partial charge in [-0.3, -0.25) is 0 Å². The van der Waals surface area contributed by atoms with Gasteiger partial charge < -0.3 is 19.9 Å². The third kappa shape index (κ3) is 5.09. The second kappa shape index (κ2) is 9.21. The molecule has 0 amide bonds. The second-order valence-electron chi connectivity index (χ2n) is 6.71. The van der Waals surface area contributed by atoms with Gasteiger partial charge in [0.25, 0.3) is 0 Å². The first kappa shape index (κ1) is 18.9. The normalized spacial score (nSPS) is 16.4.